The Morgan fingerprint density at radius 1 is 1.15 bits per heavy atom. The van der Waals surface area contributed by atoms with Crippen molar-refractivity contribution in [3.8, 4) is 0 Å². The molecule has 0 atom stereocenters. The molecular formula is C12H17N. The first-order valence-corrected chi connectivity index (χ1v) is 5.03. The molecule has 70 valence electrons. The van der Waals surface area contributed by atoms with Crippen molar-refractivity contribution in [1.82, 2.24) is 0 Å². The van der Waals surface area contributed by atoms with Gasteiger partial charge in [-0.2, -0.15) is 0 Å². The lowest BCUT2D eigenvalue weighted by Crippen LogP contribution is -2.14. The molecule has 0 aliphatic carbocycles. The number of nitrogens with one attached hydrogen (secondary N) is 1. The van der Waals surface area contributed by atoms with Crippen LogP contribution in [0.4, 0.5) is 5.69 Å². The number of hydrogen-bond acceptors (Lipinski definition) is 1. The molecule has 0 unspecified atom stereocenters. The van der Waals surface area contributed by atoms with Crippen molar-refractivity contribution in [3.63, 3.8) is 0 Å². The lowest BCUT2D eigenvalue weighted by atomic mass is 9.93. The molecule has 13 heavy (non-hydrogen) atoms. The van der Waals surface area contributed by atoms with Gasteiger partial charge in [-0.15, -0.1) is 0 Å². The summed E-state index contributed by atoms with van der Waals surface area (Å²) in [5.74, 6) is 0. The van der Waals surface area contributed by atoms with Crippen LogP contribution in [0.15, 0.2) is 6.07 Å². The molecule has 0 fully saturated rings. The molecule has 1 heterocycles. The minimum atomic E-state index is 1.14. The number of benzene rings is 1. The van der Waals surface area contributed by atoms with E-state index in [1.165, 1.54) is 40.8 Å². The molecule has 1 aliphatic heterocycles. The number of anilines is 1. The highest BCUT2D eigenvalue weighted by Crippen LogP contribution is 2.29. The zero-order chi connectivity index (χ0) is 9.42. The highest BCUT2D eigenvalue weighted by Gasteiger charge is 2.13. The summed E-state index contributed by atoms with van der Waals surface area (Å²) < 4.78 is 0. The maximum Gasteiger partial charge on any atom is 0.0405 e. The normalized spacial score (nSPS) is 15.0. The Bertz CT molecular complexity index is 339. The predicted octanol–water partition coefficient (Wildman–Crippen LogP) is 2.97. The van der Waals surface area contributed by atoms with Crippen LogP contribution in [-0.2, 0) is 6.42 Å². The molecule has 0 radical (unpaired) electrons. The van der Waals surface area contributed by atoms with E-state index in [9.17, 15) is 0 Å². The molecule has 0 bridgehead atoms. The molecule has 1 aliphatic rings. The van der Waals surface area contributed by atoms with Crippen molar-refractivity contribution >= 4 is 5.69 Å². The van der Waals surface area contributed by atoms with Crippen LogP contribution in [0.2, 0.25) is 0 Å². The topological polar surface area (TPSA) is 12.0 Å². The Morgan fingerprint density at radius 2 is 1.92 bits per heavy atom. The van der Waals surface area contributed by atoms with Gasteiger partial charge in [0.1, 0.15) is 0 Å². The summed E-state index contributed by atoms with van der Waals surface area (Å²) in [4.78, 5) is 0. The lowest BCUT2D eigenvalue weighted by Gasteiger charge is -2.22. The van der Waals surface area contributed by atoms with E-state index >= 15 is 0 Å². The van der Waals surface area contributed by atoms with Crippen molar-refractivity contribution in [2.45, 2.75) is 33.6 Å². The quantitative estimate of drug-likeness (QED) is 0.639. The lowest BCUT2D eigenvalue weighted by molar-refractivity contribution is 0.825. The fourth-order valence-corrected chi connectivity index (χ4v) is 2.10. The first kappa shape index (κ1) is 8.61. The molecule has 1 nitrogen and oxygen atoms in total. The van der Waals surface area contributed by atoms with Crippen molar-refractivity contribution in [2.75, 3.05) is 11.9 Å². The Morgan fingerprint density at radius 3 is 2.69 bits per heavy atom. The van der Waals surface area contributed by atoms with Crippen LogP contribution >= 0.6 is 0 Å². The van der Waals surface area contributed by atoms with E-state index in [1.54, 1.807) is 0 Å². The average Bonchev–Trinajstić information content (AvgIpc) is 2.15. The van der Waals surface area contributed by atoms with Crippen LogP contribution in [-0.4, -0.2) is 6.54 Å². The molecule has 1 aromatic rings. The van der Waals surface area contributed by atoms with Gasteiger partial charge in [-0.3, -0.25) is 0 Å². The first-order valence-electron chi connectivity index (χ1n) is 5.03. The second-order valence-corrected chi connectivity index (χ2v) is 4.01. The van der Waals surface area contributed by atoms with Crippen LogP contribution in [0.3, 0.4) is 0 Å². The van der Waals surface area contributed by atoms with Crippen molar-refractivity contribution < 1.29 is 0 Å². The van der Waals surface area contributed by atoms with Gasteiger partial charge in [0.15, 0.2) is 0 Å². The molecule has 0 spiro atoms. The summed E-state index contributed by atoms with van der Waals surface area (Å²) in [6.45, 7) is 7.77. The predicted molar refractivity (Wildman–Crippen MR) is 57.5 cm³/mol. The summed E-state index contributed by atoms with van der Waals surface area (Å²) in [7, 11) is 0. The van der Waals surface area contributed by atoms with Gasteiger partial charge in [-0.1, -0.05) is 6.07 Å². The van der Waals surface area contributed by atoms with E-state index in [0.717, 1.165) is 6.54 Å². The molecule has 1 aromatic carbocycles. The second kappa shape index (κ2) is 3.06. The highest BCUT2D eigenvalue weighted by atomic mass is 14.9. The van der Waals surface area contributed by atoms with E-state index in [2.05, 4.69) is 32.2 Å². The molecule has 1 N–H and O–H groups in total. The Labute approximate surface area is 80.2 Å². The second-order valence-electron chi connectivity index (χ2n) is 4.01. The standard InChI is InChI=1S/C12H17N/c1-8-7-11-5-4-6-13-12(11)10(3)9(8)2/h7,13H,4-6H2,1-3H3. The maximum atomic E-state index is 3.50. The van der Waals surface area contributed by atoms with Crippen molar-refractivity contribution in [1.29, 1.82) is 0 Å². The van der Waals surface area contributed by atoms with Crippen LogP contribution in [0.25, 0.3) is 0 Å². The van der Waals surface area contributed by atoms with E-state index in [0.29, 0.717) is 0 Å². The average molecular weight is 175 g/mol. The molecule has 0 amide bonds. The van der Waals surface area contributed by atoms with Gasteiger partial charge in [0, 0.05) is 12.2 Å². The van der Waals surface area contributed by atoms with Gasteiger partial charge in [-0.05, 0) is 55.9 Å². The number of fused-ring (bicyclic) bond motifs is 1. The molecule has 0 aromatic heterocycles. The van der Waals surface area contributed by atoms with Gasteiger partial charge in [0.05, 0.1) is 0 Å². The molecule has 0 saturated heterocycles. The zero-order valence-electron chi connectivity index (χ0n) is 8.70. The summed E-state index contributed by atoms with van der Waals surface area (Å²) in [5.41, 5.74) is 7.21. The monoisotopic (exact) mass is 175 g/mol. The van der Waals surface area contributed by atoms with E-state index < -0.39 is 0 Å². The van der Waals surface area contributed by atoms with Crippen molar-refractivity contribution in [2.24, 2.45) is 0 Å². The minimum absolute atomic E-state index is 1.14. The van der Waals surface area contributed by atoms with Gasteiger partial charge in [-0.25, -0.2) is 0 Å². The van der Waals surface area contributed by atoms with E-state index in [4.69, 9.17) is 0 Å². The first-order chi connectivity index (χ1) is 6.20. The molecule has 2 rings (SSSR count). The summed E-state index contributed by atoms with van der Waals surface area (Å²) >= 11 is 0. The van der Waals surface area contributed by atoms with Crippen LogP contribution < -0.4 is 5.32 Å². The van der Waals surface area contributed by atoms with Crippen molar-refractivity contribution in [3.05, 3.63) is 28.3 Å². The SMILES string of the molecule is Cc1cc2c(c(C)c1C)NCCC2. The zero-order valence-corrected chi connectivity index (χ0v) is 8.70. The van der Waals surface area contributed by atoms with Gasteiger partial charge >= 0.3 is 0 Å². The third-order valence-corrected chi connectivity index (χ3v) is 3.17. The highest BCUT2D eigenvalue weighted by molar-refractivity contribution is 5.63. The third kappa shape index (κ3) is 1.32. The number of hydrogen-bond donors (Lipinski definition) is 1. The van der Waals surface area contributed by atoms with E-state index in [-0.39, 0.29) is 0 Å². The third-order valence-electron chi connectivity index (χ3n) is 3.17. The van der Waals surface area contributed by atoms with Crippen LogP contribution in [0.1, 0.15) is 28.7 Å². The Balaban J connectivity index is 2.60. The number of aryl methyl sites for hydroxylation is 2. The van der Waals surface area contributed by atoms with Crippen LogP contribution in [0, 0.1) is 20.8 Å². The molecule has 1 heteroatoms. The number of rotatable bonds is 0. The van der Waals surface area contributed by atoms with Crippen LogP contribution in [0.5, 0.6) is 0 Å². The smallest absolute Gasteiger partial charge is 0.0405 e. The largest absolute Gasteiger partial charge is 0.385 e. The summed E-state index contributed by atoms with van der Waals surface area (Å²) in [6.07, 6.45) is 2.51. The molecule has 0 saturated carbocycles. The minimum Gasteiger partial charge on any atom is -0.385 e. The fourth-order valence-electron chi connectivity index (χ4n) is 2.10. The maximum absolute atomic E-state index is 3.50. The fraction of sp³-hybridized carbons (Fsp3) is 0.500. The summed E-state index contributed by atoms with van der Waals surface area (Å²) in [5, 5.41) is 3.50. The van der Waals surface area contributed by atoms with Gasteiger partial charge < -0.3 is 5.32 Å². The summed E-state index contributed by atoms with van der Waals surface area (Å²) in [6, 6.07) is 2.34. The molecular weight excluding hydrogens is 158 g/mol. The Hall–Kier alpha value is -0.980. The van der Waals surface area contributed by atoms with E-state index in [1.807, 2.05) is 0 Å². The van der Waals surface area contributed by atoms with Gasteiger partial charge in [0.2, 0.25) is 0 Å². The Kier molecular flexibility index (Phi) is 2.03. The van der Waals surface area contributed by atoms with Gasteiger partial charge in [0.25, 0.3) is 0 Å².